The Bertz CT molecular complexity index is 1020. The van der Waals surface area contributed by atoms with Crippen LogP contribution in [0.4, 0.5) is 0 Å². The van der Waals surface area contributed by atoms with Crippen molar-refractivity contribution in [1.29, 1.82) is 0 Å². The van der Waals surface area contributed by atoms with E-state index in [0.29, 0.717) is 13.4 Å². The summed E-state index contributed by atoms with van der Waals surface area (Å²) in [5.74, 6) is 2.42. The molecule has 3 aromatic rings. The van der Waals surface area contributed by atoms with Gasteiger partial charge in [-0.05, 0) is 26.2 Å². The minimum absolute atomic E-state index is 0.171. The molecule has 0 bridgehead atoms. The van der Waals surface area contributed by atoms with Crippen LogP contribution in [0.2, 0.25) is 0 Å². The molecule has 1 aliphatic rings. The number of hydrogen-bond acceptors (Lipinski definition) is 0. The predicted molar refractivity (Wildman–Crippen MR) is 132 cm³/mol. The maximum absolute atomic E-state index is 2.42. The maximum atomic E-state index is 2.42. The topological polar surface area (TPSA) is 0 Å². The van der Waals surface area contributed by atoms with Crippen LogP contribution in [0.5, 0.6) is 0 Å². The van der Waals surface area contributed by atoms with Gasteiger partial charge in [-0.15, -0.1) is 5.98 Å². The molecule has 0 aromatic heterocycles. The van der Waals surface area contributed by atoms with Gasteiger partial charge in [-0.1, -0.05) is 132 Å². The second-order valence-electron chi connectivity index (χ2n) is 9.71. The van der Waals surface area contributed by atoms with E-state index in [1.807, 2.05) is 0 Å². The lowest BCUT2D eigenvalue weighted by Gasteiger charge is -2.32. The second-order valence-corrected chi connectivity index (χ2v) is 9.71. The predicted octanol–water partition coefficient (Wildman–Crippen LogP) is 3.19. The van der Waals surface area contributed by atoms with Crippen molar-refractivity contribution in [2.45, 2.75) is 41.5 Å². The highest BCUT2D eigenvalue weighted by Gasteiger charge is 2.37. The molecule has 0 aliphatic carbocycles. The summed E-state index contributed by atoms with van der Waals surface area (Å²) in [5.41, 5.74) is 11.5. The van der Waals surface area contributed by atoms with Crippen molar-refractivity contribution in [3.8, 4) is 0 Å². The van der Waals surface area contributed by atoms with Crippen molar-refractivity contribution in [3.05, 3.63) is 89.4 Å². The van der Waals surface area contributed by atoms with Gasteiger partial charge < -0.3 is 0 Å². The number of hydrogen-bond donors (Lipinski definition) is 0. The van der Waals surface area contributed by atoms with Crippen LogP contribution in [0, 0.1) is 26.2 Å². The van der Waals surface area contributed by atoms with Gasteiger partial charge in [-0.25, -0.2) is 0 Å². The zero-order valence-electron chi connectivity index (χ0n) is 18.6. The van der Waals surface area contributed by atoms with E-state index in [9.17, 15) is 0 Å². The lowest BCUT2D eigenvalue weighted by molar-refractivity contribution is 0.545. The van der Waals surface area contributed by atoms with Crippen LogP contribution in [0.25, 0.3) is 0 Å². The first-order valence-corrected chi connectivity index (χ1v) is 10.7. The van der Waals surface area contributed by atoms with Crippen LogP contribution in [-0.4, -0.2) is 13.4 Å². The molecule has 0 saturated carbocycles. The Hall–Kier alpha value is -2.47. The normalized spacial score (nSPS) is 13.6. The quantitative estimate of drug-likeness (QED) is 0.603. The largest absolute Gasteiger partial charge is 0.240 e. The molecule has 0 amide bonds. The molecule has 1 aliphatic heterocycles. The lowest BCUT2D eigenvalue weighted by Crippen LogP contribution is -2.72. The van der Waals surface area contributed by atoms with Gasteiger partial charge in [0, 0.05) is 0 Å². The van der Waals surface area contributed by atoms with Gasteiger partial charge in [-0.3, -0.25) is 0 Å². The van der Waals surface area contributed by atoms with E-state index in [1.165, 1.54) is 44.0 Å². The van der Waals surface area contributed by atoms with Crippen molar-refractivity contribution < 1.29 is 0 Å². The van der Waals surface area contributed by atoms with Crippen LogP contribution in [0.3, 0.4) is 0 Å². The van der Waals surface area contributed by atoms with Gasteiger partial charge in [-0.2, -0.15) is 0 Å². The molecule has 2 heteroatoms. The summed E-state index contributed by atoms with van der Waals surface area (Å²) in [6, 6.07) is 22.8. The van der Waals surface area contributed by atoms with Crippen LogP contribution >= 0.6 is 0 Å². The zero-order chi connectivity index (χ0) is 20.8. The summed E-state index contributed by atoms with van der Waals surface area (Å²) in [5, 5.41) is 0. The minimum Gasteiger partial charge on any atom is -0.109 e. The Kier molecular flexibility index (Phi) is 5.07. The molecule has 0 radical (unpaired) electrons. The van der Waals surface area contributed by atoms with E-state index >= 15 is 0 Å². The zero-order valence-corrected chi connectivity index (χ0v) is 18.6. The highest BCUT2D eigenvalue weighted by molar-refractivity contribution is 7.09. The van der Waals surface area contributed by atoms with Crippen LogP contribution < -0.4 is 27.3 Å². The van der Waals surface area contributed by atoms with Crippen molar-refractivity contribution in [3.63, 3.8) is 0 Å². The molecule has 0 spiro atoms. The average molecular weight is 376 g/mol. The SMILES string of the molecule is Cc1cc(C)c(B2c3ccccc3B(/C=C/C(C)(C)C)c3ccccc32)c(C)c1. The summed E-state index contributed by atoms with van der Waals surface area (Å²) in [6.45, 7) is 14.1. The van der Waals surface area contributed by atoms with E-state index in [1.54, 1.807) is 0 Å². The first-order chi connectivity index (χ1) is 13.8. The average Bonchev–Trinajstić information content (AvgIpc) is 2.65. The van der Waals surface area contributed by atoms with Gasteiger partial charge >= 0.3 is 0 Å². The molecule has 0 unspecified atom stereocenters. The molecule has 0 saturated heterocycles. The van der Waals surface area contributed by atoms with E-state index in [4.69, 9.17) is 0 Å². The molecule has 29 heavy (non-hydrogen) atoms. The van der Waals surface area contributed by atoms with E-state index in [0.717, 1.165) is 0 Å². The molecule has 144 valence electrons. The number of allylic oxidation sites excluding steroid dienone is 1. The Balaban J connectivity index is 1.99. The van der Waals surface area contributed by atoms with Gasteiger partial charge in [0.1, 0.15) is 0 Å². The molecule has 1 heterocycles. The third kappa shape index (κ3) is 3.73. The van der Waals surface area contributed by atoms with Crippen LogP contribution in [-0.2, 0) is 0 Å². The van der Waals surface area contributed by atoms with Crippen molar-refractivity contribution in [2.75, 3.05) is 0 Å². The van der Waals surface area contributed by atoms with Crippen LogP contribution in [0.15, 0.2) is 72.7 Å². The molecule has 0 N–H and O–H groups in total. The summed E-state index contributed by atoms with van der Waals surface area (Å²) < 4.78 is 0. The third-order valence-electron chi connectivity index (χ3n) is 6.10. The van der Waals surface area contributed by atoms with Gasteiger partial charge in [0.25, 0.3) is 0 Å². The molecule has 3 aromatic carbocycles. The third-order valence-corrected chi connectivity index (χ3v) is 6.10. The standard InChI is InChI=1S/C27H30B2/c1-19-17-20(2)26(21(3)18-19)29-24-13-9-7-11-22(24)28(16-15-27(4,5)6)23-12-8-10-14-25(23)29/h7-18H,1-6H3/b16-15+. The Morgan fingerprint density at radius 1 is 0.690 bits per heavy atom. The Morgan fingerprint density at radius 3 is 1.59 bits per heavy atom. The number of rotatable bonds is 2. The van der Waals surface area contributed by atoms with E-state index < -0.39 is 0 Å². The minimum atomic E-state index is 0.171. The van der Waals surface area contributed by atoms with Crippen LogP contribution in [0.1, 0.15) is 37.5 Å². The summed E-state index contributed by atoms with van der Waals surface area (Å²) in [4.78, 5) is 0. The van der Waals surface area contributed by atoms with Crippen molar-refractivity contribution in [1.82, 2.24) is 0 Å². The molecule has 4 rings (SSSR count). The smallest absolute Gasteiger partial charge is 0.109 e. The fraction of sp³-hybridized carbons (Fsp3) is 0.259. The Labute approximate surface area is 177 Å². The lowest BCUT2D eigenvalue weighted by atomic mass is 9.22. The molecule has 0 atom stereocenters. The maximum Gasteiger partial charge on any atom is 0.240 e. The number of benzene rings is 3. The number of aryl methyl sites for hydroxylation is 3. The second kappa shape index (κ2) is 7.41. The summed E-state index contributed by atoms with van der Waals surface area (Å²) >= 11 is 0. The number of fused-ring (bicyclic) bond motifs is 2. The van der Waals surface area contributed by atoms with Gasteiger partial charge in [0.15, 0.2) is 0 Å². The summed E-state index contributed by atoms with van der Waals surface area (Å²) in [6.07, 6.45) is 2.37. The summed E-state index contributed by atoms with van der Waals surface area (Å²) in [7, 11) is 0. The Morgan fingerprint density at radius 2 is 1.14 bits per heavy atom. The first kappa shape index (κ1) is 19.8. The first-order valence-electron chi connectivity index (χ1n) is 10.7. The van der Waals surface area contributed by atoms with E-state index in [-0.39, 0.29) is 5.41 Å². The van der Waals surface area contributed by atoms with Gasteiger partial charge in [0.05, 0.1) is 0 Å². The van der Waals surface area contributed by atoms with Crippen molar-refractivity contribution >= 4 is 40.7 Å². The van der Waals surface area contributed by atoms with Gasteiger partial charge in [0.2, 0.25) is 13.4 Å². The molecular weight excluding hydrogens is 346 g/mol. The monoisotopic (exact) mass is 376 g/mol. The fourth-order valence-corrected chi connectivity index (χ4v) is 5.00. The fourth-order valence-electron chi connectivity index (χ4n) is 5.00. The molecule has 0 nitrogen and oxygen atoms in total. The molecular formula is C27H30B2. The highest BCUT2D eigenvalue weighted by Crippen LogP contribution is 2.15. The van der Waals surface area contributed by atoms with E-state index in [2.05, 4.69) is 114 Å². The highest BCUT2D eigenvalue weighted by atomic mass is 14.1. The van der Waals surface area contributed by atoms with Crippen molar-refractivity contribution in [2.24, 2.45) is 5.41 Å². The molecule has 0 fully saturated rings.